The van der Waals surface area contributed by atoms with Crippen LogP contribution in [0.1, 0.15) is 43.2 Å². The first kappa shape index (κ1) is 17.2. The molecule has 0 spiro atoms. The Labute approximate surface area is 148 Å². The van der Waals surface area contributed by atoms with Crippen LogP contribution in [0.25, 0.3) is 0 Å². The van der Waals surface area contributed by atoms with Gasteiger partial charge in [0, 0.05) is 28.7 Å². The quantitative estimate of drug-likeness (QED) is 0.747. The summed E-state index contributed by atoms with van der Waals surface area (Å²) in [6, 6.07) is 12.8. The second-order valence-corrected chi connectivity index (χ2v) is 6.78. The van der Waals surface area contributed by atoms with Crippen molar-refractivity contribution in [3.8, 4) is 5.75 Å². The summed E-state index contributed by atoms with van der Waals surface area (Å²) in [5, 5.41) is 4.29. The molecule has 1 fully saturated rings. The van der Waals surface area contributed by atoms with Gasteiger partial charge in [0.05, 0.1) is 0 Å². The van der Waals surface area contributed by atoms with Gasteiger partial charge in [-0.05, 0) is 37.1 Å². The number of halogens is 2. The van der Waals surface area contributed by atoms with E-state index in [-0.39, 0.29) is 12.4 Å². The Hall–Kier alpha value is -1.58. The fourth-order valence-corrected chi connectivity index (χ4v) is 3.35. The first-order valence-corrected chi connectivity index (χ1v) is 8.98. The highest BCUT2D eigenvalue weighted by Gasteiger charge is 2.14. The number of hydrogen-bond acceptors (Lipinski definition) is 2. The van der Waals surface area contributed by atoms with Crippen LogP contribution in [0.15, 0.2) is 42.5 Å². The molecule has 4 heteroatoms. The van der Waals surface area contributed by atoms with E-state index in [9.17, 15) is 4.39 Å². The average Bonchev–Trinajstić information content (AvgIpc) is 2.61. The molecule has 2 nitrogen and oxygen atoms in total. The topological polar surface area (TPSA) is 21.3 Å². The summed E-state index contributed by atoms with van der Waals surface area (Å²) in [4.78, 5) is 0. The standard InChI is InChI=1S/C20H23ClFNO/c21-17-10-11-20(24-14-15-6-4-5-9-19(15)22)16(12-17)13-23-18-7-2-1-3-8-18/h4-6,9-12,18,23H,1-3,7-8,13-14H2. The summed E-state index contributed by atoms with van der Waals surface area (Å²) in [6.07, 6.45) is 6.39. The van der Waals surface area contributed by atoms with Crippen LogP contribution in [0.3, 0.4) is 0 Å². The highest BCUT2D eigenvalue weighted by molar-refractivity contribution is 6.30. The van der Waals surface area contributed by atoms with Gasteiger partial charge in [0.2, 0.25) is 0 Å². The van der Waals surface area contributed by atoms with Gasteiger partial charge >= 0.3 is 0 Å². The lowest BCUT2D eigenvalue weighted by Crippen LogP contribution is -2.30. The number of benzene rings is 2. The van der Waals surface area contributed by atoms with Crippen LogP contribution in [0.5, 0.6) is 5.75 Å². The van der Waals surface area contributed by atoms with Crippen LogP contribution in [0.4, 0.5) is 4.39 Å². The third-order valence-corrected chi connectivity index (χ3v) is 4.79. The Morgan fingerprint density at radius 3 is 2.62 bits per heavy atom. The van der Waals surface area contributed by atoms with E-state index < -0.39 is 0 Å². The molecule has 24 heavy (non-hydrogen) atoms. The van der Waals surface area contributed by atoms with Gasteiger partial charge in [-0.2, -0.15) is 0 Å². The van der Waals surface area contributed by atoms with Gasteiger partial charge in [-0.3, -0.25) is 0 Å². The summed E-state index contributed by atoms with van der Waals surface area (Å²) in [5.74, 6) is 0.513. The van der Waals surface area contributed by atoms with E-state index in [4.69, 9.17) is 16.3 Å². The fraction of sp³-hybridized carbons (Fsp3) is 0.400. The van der Waals surface area contributed by atoms with E-state index in [2.05, 4.69) is 5.32 Å². The van der Waals surface area contributed by atoms with E-state index in [1.54, 1.807) is 12.1 Å². The Balaban J connectivity index is 1.65. The second kappa shape index (κ2) is 8.50. The van der Waals surface area contributed by atoms with Gasteiger partial charge in [0.25, 0.3) is 0 Å². The zero-order valence-electron chi connectivity index (χ0n) is 13.7. The maximum atomic E-state index is 13.7. The Bertz CT molecular complexity index is 670. The normalized spacial score (nSPS) is 15.4. The molecule has 128 valence electrons. The van der Waals surface area contributed by atoms with Gasteiger partial charge in [-0.1, -0.05) is 49.1 Å². The third-order valence-electron chi connectivity index (χ3n) is 4.55. The van der Waals surface area contributed by atoms with Gasteiger partial charge in [0.1, 0.15) is 18.2 Å². The smallest absolute Gasteiger partial charge is 0.129 e. The summed E-state index contributed by atoms with van der Waals surface area (Å²) in [6.45, 7) is 0.933. The molecule has 0 aliphatic heterocycles. The van der Waals surface area contributed by atoms with Crippen molar-refractivity contribution < 1.29 is 9.13 Å². The number of nitrogens with one attached hydrogen (secondary N) is 1. The zero-order valence-corrected chi connectivity index (χ0v) is 14.5. The fourth-order valence-electron chi connectivity index (χ4n) is 3.16. The molecule has 1 aliphatic carbocycles. The molecule has 1 aliphatic rings. The van der Waals surface area contributed by atoms with Crippen LogP contribution in [-0.4, -0.2) is 6.04 Å². The van der Waals surface area contributed by atoms with Crippen LogP contribution in [-0.2, 0) is 13.2 Å². The van der Waals surface area contributed by atoms with Crippen molar-refractivity contribution in [3.05, 3.63) is 64.4 Å². The summed E-state index contributed by atoms with van der Waals surface area (Å²) in [7, 11) is 0. The average molecular weight is 348 g/mol. The highest BCUT2D eigenvalue weighted by Crippen LogP contribution is 2.25. The number of ether oxygens (including phenoxy) is 1. The lowest BCUT2D eigenvalue weighted by atomic mass is 9.95. The Morgan fingerprint density at radius 2 is 1.83 bits per heavy atom. The van der Waals surface area contributed by atoms with Crippen molar-refractivity contribution in [1.82, 2.24) is 5.32 Å². The van der Waals surface area contributed by atoms with Crippen molar-refractivity contribution in [1.29, 1.82) is 0 Å². The predicted molar refractivity (Wildman–Crippen MR) is 95.9 cm³/mol. The SMILES string of the molecule is Fc1ccccc1COc1ccc(Cl)cc1CNC1CCCCC1. The van der Waals surface area contributed by atoms with E-state index >= 15 is 0 Å². The Kier molecular flexibility index (Phi) is 6.11. The molecule has 0 radical (unpaired) electrons. The van der Waals surface area contributed by atoms with Crippen LogP contribution in [0.2, 0.25) is 5.02 Å². The highest BCUT2D eigenvalue weighted by atomic mass is 35.5. The molecule has 0 bridgehead atoms. The first-order chi connectivity index (χ1) is 11.7. The molecule has 0 heterocycles. The molecule has 2 aromatic carbocycles. The van der Waals surface area contributed by atoms with Crippen LogP contribution >= 0.6 is 11.6 Å². The molecular formula is C20H23ClFNO. The van der Waals surface area contributed by atoms with Crippen molar-refractivity contribution in [2.24, 2.45) is 0 Å². The molecule has 0 aromatic heterocycles. The lowest BCUT2D eigenvalue weighted by molar-refractivity contribution is 0.294. The van der Waals surface area contributed by atoms with Crippen molar-refractivity contribution in [3.63, 3.8) is 0 Å². The van der Waals surface area contributed by atoms with E-state index in [0.717, 1.165) is 17.9 Å². The first-order valence-electron chi connectivity index (χ1n) is 8.60. The second-order valence-electron chi connectivity index (χ2n) is 6.35. The predicted octanol–water partition coefficient (Wildman–Crippen LogP) is 5.48. The molecular weight excluding hydrogens is 325 g/mol. The molecule has 3 rings (SSSR count). The maximum absolute atomic E-state index is 13.7. The molecule has 1 N–H and O–H groups in total. The molecule has 0 amide bonds. The lowest BCUT2D eigenvalue weighted by Gasteiger charge is -2.23. The van der Waals surface area contributed by atoms with Gasteiger partial charge < -0.3 is 10.1 Å². The number of hydrogen-bond donors (Lipinski definition) is 1. The summed E-state index contributed by atoms with van der Waals surface area (Å²) in [5.41, 5.74) is 1.57. The molecule has 0 saturated heterocycles. The van der Waals surface area contributed by atoms with Crippen molar-refractivity contribution >= 4 is 11.6 Å². The summed E-state index contributed by atoms with van der Waals surface area (Å²) >= 11 is 6.14. The Morgan fingerprint density at radius 1 is 1.04 bits per heavy atom. The minimum absolute atomic E-state index is 0.213. The number of rotatable bonds is 6. The summed E-state index contributed by atoms with van der Waals surface area (Å²) < 4.78 is 19.6. The van der Waals surface area contributed by atoms with Crippen LogP contribution < -0.4 is 10.1 Å². The monoisotopic (exact) mass is 347 g/mol. The van der Waals surface area contributed by atoms with Crippen molar-refractivity contribution in [2.45, 2.75) is 51.3 Å². The largest absolute Gasteiger partial charge is 0.488 e. The van der Waals surface area contributed by atoms with Gasteiger partial charge in [-0.25, -0.2) is 4.39 Å². The van der Waals surface area contributed by atoms with E-state index in [1.807, 2.05) is 24.3 Å². The van der Waals surface area contributed by atoms with Gasteiger partial charge in [-0.15, -0.1) is 0 Å². The minimum Gasteiger partial charge on any atom is -0.488 e. The van der Waals surface area contributed by atoms with E-state index in [0.29, 0.717) is 16.6 Å². The zero-order chi connectivity index (χ0) is 16.8. The molecule has 2 aromatic rings. The van der Waals surface area contributed by atoms with Crippen LogP contribution in [0, 0.1) is 5.82 Å². The maximum Gasteiger partial charge on any atom is 0.129 e. The van der Waals surface area contributed by atoms with E-state index in [1.165, 1.54) is 38.2 Å². The molecule has 1 saturated carbocycles. The molecule has 0 unspecified atom stereocenters. The van der Waals surface area contributed by atoms with Crippen molar-refractivity contribution in [2.75, 3.05) is 0 Å². The third kappa shape index (κ3) is 4.71. The van der Waals surface area contributed by atoms with Gasteiger partial charge in [0.15, 0.2) is 0 Å². The minimum atomic E-state index is -0.242. The molecule has 0 atom stereocenters.